The molecule has 3 aromatic carbocycles. The van der Waals surface area contributed by atoms with E-state index in [9.17, 15) is 4.79 Å². The van der Waals surface area contributed by atoms with E-state index in [2.05, 4.69) is 20.8 Å². The molecule has 0 aliphatic carbocycles. The van der Waals surface area contributed by atoms with Gasteiger partial charge in [0.25, 0.3) is 0 Å². The average molecular weight is 548 g/mol. The summed E-state index contributed by atoms with van der Waals surface area (Å²) in [6.07, 6.45) is 2.88. The number of thiocarbonyl (C=S) groups is 1. The first-order valence-corrected chi connectivity index (χ1v) is 12.3. The summed E-state index contributed by atoms with van der Waals surface area (Å²) in [6.45, 7) is 1.93. The fourth-order valence-corrected chi connectivity index (χ4v) is 4.12. The van der Waals surface area contributed by atoms with Crippen LogP contribution in [0.25, 0.3) is 34.1 Å². The zero-order chi connectivity index (χ0) is 25.9. The second-order valence-electron chi connectivity index (χ2n) is 8.09. The number of rotatable bonds is 5. The van der Waals surface area contributed by atoms with Gasteiger partial charge >= 0.3 is 0 Å². The Bertz CT molecular complexity index is 1660. The summed E-state index contributed by atoms with van der Waals surface area (Å²) in [7, 11) is 0. The molecule has 0 bridgehead atoms. The molecule has 0 saturated carbocycles. The van der Waals surface area contributed by atoms with Gasteiger partial charge in [-0.1, -0.05) is 53.5 Å². The summed E-state index contributed by atoms with van der Waals surface area (Å²) < 4.78 is 5.80. The average Bonchev–Trinajstić information content (AvgIpc) is 3.52. The highest BCUT2D eigenvalue weighted by Gasteiger charge is 2.12. The number of carbonyl (C=O) groups excluding carboxylic acids is 1. The number of halogens is 2. The molecule has 10 heteroatoms. The Kier molecular flexibility index (Phi) is 7.05. The highest BCUT2D eigenvalue weighted by molar-refractivity contribution is 7.80. The Morgan fingerprint density at radius 1 is 0.973 bits per heavy atom. The first kappa shape index (κ1) is 24.7. The summed E-state index contributed by atoms with van der Waals surface area (Å²) in [5.41, 5.74) is 4.40. The summed E-state index contributed by atoms with van der Waals surface area (Å²) >= 11 is 17.9. The SMILES string of the molecule is Cc1ccc(-c2ccc(/C=C/C(=O)NC(=S)Nc3cc4nn(-c5ccccc5)nc4cc3Cl)o2)cc1Cl. The summed E-state index contributed by atoms with van der Waals surface area (Å²) in [5.74, 6) is 0.727. The Morgan fingerprint density at radius 2 is 1.73 bits per heavy atom. The molecule has 37 heavy (non-hydrogen) atoms. The fourth-order valence-electron chi connectivity index (χ4n) is 3.52. The molecule has 0 aliphatic heterocycles. The summed E-state index contributed by atoms with van der Waals surface area (Å²) in [4.78, 5) is 13.9. The van der Waals surface area contributed by atoms with Gasteiger partial charge in [0.15, 0.2) is 5.11 Å². The van der Waals surface area contributed by atoms with Crippen molar-refractivity contribution in [2.45, 2.75) is 6.92 Å². The van der Waals surface area contributed by atoms with Gasteiger partial charge in [-0.05, 0) is 73.2 Å². The smallest absolute Gasteiger partial charge is 0.250 e. The molecule has 0 spiro atoms. The minimum absolute atomic E-state index is 0.0841. The van der Waals surface area contributed by atoms with Crippen LogP contribution in [0.3, 0.4) is 0 Å². The van der Waals surface area contributed by atoms with Crippen molar-refractivity contribution in [1.29, 1.82) is 0 Å². The largest absolute Gasteiger partial charge is 0.457 e. The normalized spacial score (nSPS) is 11.2. The summed E-state index contributed by atoms with van der Waals surface area (Å²) in [5, 5.41) is 15.6. The van der Waals surface area contributed by atoms with Crippen molar-refractivity contribution in [3.8, 4) is 17.0 Å². The molecule has 0 unspecified atom stereocenters. The van der Waals surface area contributed by atoms with E-state index in [1.807, 2.05) is 61.5 Å². The van der Waals surface area contributed by atoms with Crippen molar-refractivity contribution in [2.24, 2.45) is 0 Å². The van der Waals surface area contributed by atoms with Crippen LogP contribution in [0, 0.1) is 6.92 Å². The number of amides is 1. The first-order valence-electron chi connectivity index (χ1n) is 11.1. The molecule has 0 aliphatic rings. The molecular weight excluding hydrogens is 529 g/mol. The van der Waals surface area contributed by atoms with Crippen LogP contribution in [0.2, 0.25) is 10.0 Å². The van der Waals surface area contributed by atoms with Crippen molar-refractivity contribution in [1.82, 2.24) is 20.3 Å². The van der Waals surface area contributed by atoms with Crippen molar-refractivity contribution in [3.05, 3.63) is 100 Å². The number of hydrogen-bond acceptors (Lipinski definition) is 5. The van der Waals surface area contributed by atoms with Crippen LogP contribution in [0.4, 0.5) is 5.69 Å². The lowest BCUT2D eigenvalue weighted by Gasteiger charge is -2.09. The molecule has 0 atom stereocenters. The minimum Gasteiger partial charge on any atom is -0.457 e. The van der Waals surface area contributed by atoms with E-state index < -0.39 is 5.91 Å². The Hall–Kier alpha value is -3.98. The number of nitrogens with zero attached hydrogens (tertiary/aromatic N) is 3. The molecule has 0 radical (unpaired) electrons. The highest BCUT2D eigenvalue weighted by atomic mass is 35.5. The number of aryl methyl sites for hydroxylation is 1. The first-order chi connectivity index (χ1) is 17.9. The van der Waals surface area contributed by atoms with Crippen molar-refractivity contribution in [3.63, 3.8) is 0 Å². The Balaban J connectivity index is 1.23. The maximum atomic E-state index is 12.4. The van der Waals surface area contributed by atoms with Crippen LogP contribution in [-0.4, -0.2) is 26.0 Å². The third kappa shape index (κ3) is 5.72. The highest BCUT2D eigenvalue weighted by Crippen LogP contribution is 2.28. The summed E-state index contributed by atoms with van der Waals surface area (Å²) in [6, 6.07) is 22.2. The van der Waals surface area contributed by atoms with Gasteiger partial charge in [0, 0.05) is 16.7 Å². The molecule has 1 amide bonds. The molecule has 5 rings (SSSR count). The number of anilines is 1. The lowest BCUT2D eigenvalue weighted by molar-refractivity contribution is -0.115. The van der Waals surface area contributed by atoms with Gasteiger partial charge in [-0.15, -0.1) is 10.2 Å². The van der Waals surface area contributed by atoms with E-state index in [-0.39, 0.29) is 5.11 Å². The molecule has 184 valence electrons. The predicted octanol–water partition coefficient (Wildman–Crippen LogP) is 6.82. The van der Waals surface area contributed by atoms with Gasteiger partial charge < -0.3 is 9.73 Å². The molecule has 5 aromatic rings. The topological polar surface area (TPSA) is 85.0 Å². The fraction of sp³-hybridized carbons (Fsp3) is 0.0370. The maximum absolute atomic E-state index is 12.4. The number of para-hydroxylation sites is 1. The Labute approximate surface area is 227 Å². The third-order valence-corrected chi connectivity index (χ3v) is 6.35. The molecule has 7 nitrogen and oxygen atoms in total. The van der Waals surface area contributed by atoms with E-state index in [4.69, 9.17) is 39.8 Å². The number of nitrogens with one attached hydrogen (secondary N) is 2. The maximum Gasteiger partial charge on any atom is 0.250 e. The van der Waals surface area contributed by atoms with Crippen LogP contribution >= 0.6 is 35.4 Å². The quantitative estimate of drug-likeness (QED) is 0.185. The number of hydrogen-bond donors (Lipinski definition) is 2. The van der Waals surface area contributed by atoms with Gasteiger partial charge in [-0.25, -0.2) is 0 Å². The molecule has 0 saturated heterocycles. The van der Waals surface area contributed by atoms with Gasteiger partial charge in [-0.2, -0.15) is 4.80 Å². The van der Waals surface area contributed by atoms with E-state index >= 15 is 0 Å². The zero-order valence-corrected chi connectivity index (χ0v) is 21.7. The lowest BCUT2D eigenvalue weighted by Crippen LogP contribution is -2.32. The second kappa shape index (κ2) is 10.6. The number of benzene rings is 3. The minimum atomic E-state index is -0.430. The predicted molar refractivity (Wildman–Crippen MR) is 151 cm³/mol. The zero-order valence-electron chi connectivity index (χ0n) is 19.4. The van der Waals surface area contributed by atoms with Crippen LogP contribution < -0.4 is 10.6 Å². The molecular formula is C27H19Cl2N5O2S. The molecule has 0 fully saturated rings. The van der Waals surface area contributed by atoms with Crippen LogP contribution in [-0.2, 0) is 4.79 Å². The number of aromatic nitrogens is 3. The second-order valence-corrected chi connectivity index (χ2v) is 9.31. The van der Waals surface area contributed by atoms with E-state index in [1.54, 1.807) is 24.3 Å². The number of fused-ring (bicyclic) bond motifs is 1. The third-order valence-electron chi connectivity index (χ3n) is 5.42. The molecule has 2 heterocycles. The van der Waals surface area contributed by atoms with Crippen molar-refractivity contribution >= 4 is 69.2 Å². The number of furan rings is 1. The lowest BCUT2D eigenvalue weighted by atomic mass is 10.1. The molecule has 2 N–H and O–H groups in total. The van der Waals surface area contributed by atoms with Crippen molar-refractivity contribution < 1.29 is 9.21 Å². The van der Waals surface area contributed by atoms with Gasteiger partial charge in [0.1, 0.15) is 22.6 Å². The van der Waals surface area contributed by atoms with E-state index in [0.717, 1.165) is 16.8 Å². The number of carbonyl (C=O) groups is 1. The standard InChI is InChI=1S/C27H19Cl2N5O2S/c1-16-7-8-17(13-20(16)28)25-11-9-19(36-25)10-12-26(35)31-27(37)30-22-15-24-23(14-21(22)29)32-34(33-24)18-5-3-2-4-6-18/h2-15H,1H3,(H2,30,31,35,37)/b12-10+. The van der Waals surface area contributed by atoms with Crippen LogP contribution in [0.5, 0.6) is 0 Å². The van der Waals surface area contributed by atoms with Crippen LogP contribution in [0.1, 0.15) is 11.3 Å². The molecule has 2 aromatic heterocycles. The van der Waals surface area contributed by atoms with Crippen molar-refractivity contribution in [2.75, 3.05) is 5.32 Å². The van der Waals surface area contributed by atoms with Gasteiger partial charge in [0.05, 0.1) is 16.4 Å². The van der Waals surface area contributed by atoms with Crippen LogP contribution in [0.15, 0.2) is 83.3 Å². The Morgan fingerprint density at radius 3 is 2.49 bits per heavy atom. The van der Waals surface area contributed by atoms with Gasteiger partial charge in [0.2, 0.25) is 5.91 Å². The monoisotopic (exact) mass is 547 g/mol. The van der Waals surface area contributed by atoms with Gasteiger partial charge in [-0.3, -0.25) is 10.1 Å². The van der Waals surface area contributed by atoms with E-state index in [1.165, 1.54) is 10.9 Å². The van der Waals surface area contributed by atoms with E-state index in [0.29, 0.717) is 38.3 Å².